The fourth-order valence-electron chi connectivity index (χ4n) is 4.02. The average Bonchev–Trinajstić information content (AvgIpc) is 3.15. The van der Waals surface area contributed by atoms with Gasteiger partial charge in [0.1, 0.15) is 29.0 Å². The third-order valence-corrected chi connectivity index (χ3v) is 5.83. The van der Waals surface area contributed by atoms with Gasteiger partial charge in [-0.05, 0) is 55.3 Å². The van der Waals surface area contributed by atoms with Crippen molar-refractivity contribution in [1.82, 2.24) is 0 Å². The summed E-state index contributed by atoms with van der Waals surface area (Å²) >= 11 is 0. The molecule has 0 bridgehead atoms. The quantitative estimate of drug-likeness (QED) is 0.306. The van der Waals surface area contributed by atoms with Gasteiger partial charge >= 0.3 is 11.9 Å². The molecule has 12 heteroatoms. The molecule has 3 aromatic rings. The highest BCUT2D eigenvalue weighted by molar-refractivity contribution is 6.11. The maximum Gasteiger partial charge on any atom is 0.328 e. The van der Waals surface area contributed by atoms with Crippen LogP contribution >= 0.6 is 24.8 Å². The molecule has 0 aliphatic carbocycles. The molecule has 3 aromatic carbocycles. The lowest BCUT2D eigenvalue weighted by Crippen LogP contribution is -2.37. The van der Waals surface area contributed by atoms with E-state index in [9.17, 15) is 23.2 Å². The number of carbonyl (C=O) groups is 3. The summed E-state index contributed by atoms with van der Waals surface area (Å²) in [5.74, 6) is -3.82. The Balaban J connectivity index is 0.00000253. The van der Waals surface area contributed by atoms with Crippen LogP contribution in [0.25, 0.3) is 0 Å². The Labute approximate surface area is 229 Å². The van der Waals surface area contributed by atoms with Crippen LogP contribution in [0, 0.1) is 11.6 Å². The number of esters is 2. The van der Waals surface area contributed by atoms with Crippen LogP contribution in [0.1, 0.15) is 30.5 Å². The molecule has 1 aliphatic heterocycles. The minimum absolute atomic E-state index is 0. The van der Waals surface area contributed by atoms with Crippen molar-refractivity contribution < 1.29 is 32.6 Å². The van der Waals surface area contributed by atoms with Crippen molar-refractivity contribution in [1.29, 1.82) is 0 Å². The molecule has 1 aliphatic rings. The largest absolute Gasteiger partial charge is 0.425 e. The molecule has 4 rings (SSSR count). The minimum Gasteiger partial charge on any atom is -0.425 e. The van der Waals surface area contributed by atoms with Gasteiger partial charge < -0.3 is 26.3 Å². The molecule has 0 radical (unpaired) electrons. The molecule has 5 N–H and O–H groups in total. The molecule has 0 saturated heterocycles. The summed E-state index contributed by atoms with van der Waals surface area (Å²) in [6.45, 7) is 2.96. The Kier molecular flexibility index (Phi) is 9.57. The molecule has 1 heterocycles. The van der Waals surface area contributed by atoms with E-state index in [2.05, 4.69) is 5.32 Å². The van der Waals surface area contributed by atoms with Crippen LogP contribution in [-0.2, 0) is 19.8 Å². The second-order valence-corrected chi connectivity index (χ2v) is 8.46. The zero-order valence-corrected chi connectivity index (χ0v) is 21.8. The number of anilines is 1. The average molecular weight is 568 g/mol. The van der Waals surface area contributed by atoms with Gasteiger partial charge in [-0.25, -0.2) is 18.4 Å². The van der Waals surface area contributed by atoms with Gasteiger partial charge in [-0.3, -0.25) is 4.79 Å². The summed E-state index contributed by atoms with van der Waals surface area (Å²) < 4.78 is 39.1. The number of hydrogen-bond acceptors (Lipinski definition) is 7. The van der Waals surface area contributed by atoms with E-state index in [1.807, 2.05) is 0 Å². The molecular weight excluding hydrogens is 543 g/mol. The highest BCUT2D eigenvalue weighted by atomic mass is 35.5. The Morgan fingerprint density at radius 2 is 1.21 bits per heavy atom. The SMILES string of the molecule is C[C@H](N)C(=O)Oc1ccc(C2(c3ccc(OC(=O)[C@H](C)N)cc3)C(=O)Nc3c2ccc(F)c3F)cc1.Cl.Cl. The number of carbonyl (C=O) groups excluding carboxylic acids is 3. The van der Waals surface area contributed by atoms with Gasteiger partial charge in [-0.1, -0.05) is 30.3 Å². The van der Waals surface area contributed by atoms with Gasteiger partial charge in [0, 0.05) is 5.56 Å². The van der Waals surface area contributed by atoms with Crippen molar-refractivity contribution in [3.8, 4) is 11.5 Å². The number of rotatable bonds is 6. The summed E-state index contributed by atoms with van der Waals surface area (Å²) in [4.78, 5) is 37.2. The predicted molar refractivity (Wildman–Crippen MR) is 141 cm³/mol. The number of ether oxygens (including phenoxy) is 2. The molecule has 38 heavy (non-hydrogen) atoms. The molecule has 2 atom stereocenters. The van der Waals surface area contributed by atoms with Crippen molar-refractivity contribution in [2.75, 3.05) is 5.32 Å². The highest BCUT2D eigenvalue weighted by Crippen LogP contribution is 2.49. The Bertz CT molecular complexity index is 1280. The monoisotopic (exact) mass is 567 g/mol. The van der Waals surface area contributed by atoms with Gasteiger partial charge in [0.2, 0.25) is 5.91 Å². The van der Waals surface area contributed by atoms with Crippen molar-refractivity contribution in [3.05, 3.63) is 89.0 Å². The molecular formula is C26H25Cl2F2N3O5. The van der Waals surface area contributed by atoms with Crippen LogP contribution in [-0.4, -0.2) is 29.9 Å². The van der Waals surface area contributed by atoms with Crippen molar-refractivity contribution in [2.24, 2.45) is 11.5 Å². The van der Waals surface area contributed by atoms with Crippen molar-refractivity contribution >= 4 is 48.3 Å². The van der Waals surface area contributed by atoms with Crippen LogP contribution in [0.15, 0.2) is 60.7 Å². The maximum absolute atomic E-state index is 14.7. The molecule has 0 aromatic heterocycles. The van der Waals surface area contributed by atoms with Crippen molar-refractivity contribution in [3.63, 3.8) is 0 Å². The number of nitrogens with two attached hydrogens (primary N) is 2. The van der Waals surface area contributed by atoms with E-state index in [0.29, 0.717) is 11.1 Å². The fraction of sp³-hybridized carbons (Fsp3) is 0.192. The van der Waals surface area contributed by atoms with Gasteiger partial charge in [0.25, 0.3) is 0 Å². The van der Waals surface area contributed by atoms with Crippen LogP contribution in [0.5, 0.6) is 11.5 Å². The number of amides is 1. The van der Waals surface area contributed by atoms with Gasteiger partial charge in [-0.2, -0.15) is 0 Å². The van der Waals surface area contributed by atoms with Crippen LogP contribution < -0.4 is 26.3 Å². The van der Waals surface area contributed by atoms with E-state index in [-0.39, 0.29) is 47.6 Å². The summed E-state index contributed by atoms with van der Waals surface area (Å²) in [6.07, 6.45) is 0. The van der Waals surface area contributed by atoms with Crippen molar-refractivity contribution in [2.45, 2.75) is 31.3 Å². The van der Waals surface area contributed by atoms with E-state index >= 15 is 0 Å². The number of fused-ring (bicyclic) bond motifs is 1. The molecule has 0 unspecified atom stereocenters. The normalized spacial score (nSPS) is 14.6. The molecule has 0 spiro atoms. The van der Waals surface area contributed by atoms with Crippen LogP contribution in [0.4, 0.5) is 14.5 Å². The standard InChI is InChI=1S/C26H23F2N3O5.2ClH/c1-13(29)23(32)35-17-7-3-15(4-8-17)26(16-5-9-18(10-6-16)36-24(33)14(2)30)19-11-12-20(27)21(28)22(19)31-25(26)34;;/h3-14H,29-30H2,1-2H3,(H,31,34);2*1H/t13-,14-;;/m0../s1. The Morgan fingerprint density at radius 1 is 0.789 bits per heavy atom. The van der Waals surface area contributed by atoms with E-state index < -0.39 is 47.0 Å². The van der Waals surface area contributed by atoms with E-state index in [1.54, 1.807) is 24.3 Å². The zero-order chi connectivity index (χ0) is 26.2. The van der Waals surface area contributed by atoms with Crippen LogP contribution in [0.2, 0.25) is 0 Å². The lowest BCUT2D eigenvalue weighted by molar-refractivity contribution is -0.136. The maximum atomic E-state index is 14.7. The molecule has 202 valence electrons. The predicted octanol–water partition coefficient (Wildman–Crippen LogP) is 3.60. The molecule has 1 amide bonds. The number of hydrogen-bond donors (Lipinski definition) is 3. The highest BCUT2D eigenvalue weighted by Gasteiger charge is 2.51. The zero-order valence-electron chi connectivity index (χ0n) is 20.2. The van der Waals surface area contributed by atoms with Gasteiger partial charge in [-0.15, -0.1) is 24.8 Å². The minimum atomic E-state index is -1.59. The Hall–Kier alpha value is -3.57. The first-order chi connectivity index (χ1) is 17.0. The lowest BCUT2D eigenvalue weighted by Gasteiger charge is -2.29. The molecule has 0 fully saturated rings. The summed E-state index contributed by atoms with van der Waals surface area (Å²) in [5, 5.41) is 2.46. The second-order valence-electron chi connectivity index (χ2n) is 8.46. The summed E-state index contributed by atoms with van der Waals surface area (Å²) in [6, 6.07) is 12.7. The third-order valence-electron chi connectivity index (χ3n) is 5.83. The first-order valence-corrected chi connectivity index (χ1v) is 11.0. The van der Waals surface area contributed by atoms with Crippen LogP contribution in [0.3, 0.4) is 0 Å². The topological polar surface area (TPSA) is 134 Å². The fourth-order valence-corrected chi connectivity index (χ4v) is 4.02. The number of benzene rings is 3. The molecule has 8 nitrogen and oxygen atoms in total. The number of halogens is 4. The first-order valence-electron chi connectivity index (χ1n) is 11.0. The second kappa shape index (κ2) is 11.9. The van der Waals surface area contributed by atoms with E-state index in [0.717, 1.165) is 6.07 Å². The van der Waals surface area contributed by atoms with E-state index in [4.69, 9.17) is 20.9 Å². The summed E-state index contributed by atoms with van der Waals surface area (Å²) in [7, 11) is 0. The Morgan fingerprint density at radius 3 is 1.61 bits per heavy atom. The van der Waals surface area contributed by atoms with Gasteiger partial charge in [0.05, 0.1) is 5.69 Å². The first kappa shape index (κ1) is 30.7. The number of nitrogens with one attached hydrogen (secondary N) is 1. The molecule has 0 saturated carbocycles. The van der Waals surface area contributed by atoms with E-state index in [1.165, 1.54) is 44.2 Å². The smallest absolute Gasteiger partial charge is 0.328 e. The summed E-state index contributed by atoms with van der Waals surface area (Å²) in [5.41, 5.74) is 10.2. The lowest BCUT2D eigenvalue weighted by atomic mass is 9.70. The third kappa shape index (κ3) is 5.34. The van der Waals surface area contributed by atoms with Gasteiger partial charge in [0.15, 0.2) is 11.6 Å².